The van der Waals surface area contributed by atoms with Gasteiger partial charge in [0, 0.05) is 19.2 Å². The van der Waals surface area contributed by atoms with E-state index >= 15 is 0 Å². The van der Waals surface area contributed by atoms with Crippen LogP contribution in [0.4, 0.5) is 0 Å². The number of hydrogen-bond donors (Lipinski definition) is 1. The molecule has 3 aromatic rings. The molecule has 5 heteroatoms. The van der Waals surface area contributed by atoms with E-state index in [9.17, 15) is 0 Å². The molecule has 0 radical (unpaired) electrons. The molecule has 2 aromatic heterocycles. The lowest BCUT2D eigenvalue weighted by atomic mass is 10.1. The Morgan fingerprint density at radius 2 is 2.13 bits per heavy atom. The summed E-state index contributed by atoms with van der Waals surface area (Å²) in [4.78, 5) is 9.40. The maximum Gasteiger partial charge on any atom is 0.160 e. The van der Waals surface area contributed by atoms with Crippen molar-refractivity contribution >= 4 is 11.2 Å². The van der Waals surface area contributed by atoms with Gasteiger partial charge in [-0.15, -0.1) is 0 Å². The third-order valence-corrected chi connectivity index (χ3v) is 4.44. The molecule has 1 saturated heterocycles. The lowest BCUT2D eigenvalue weighted by Crippen LogP contribution is -2.16. The van der Waals surface area contributed by atoms with E-state index in [4.69, 9.17) is 9.72 Å². The van der Waals surface area contributed by atoms with Crippen molar-refractivity contribution in [2.45, 2.75) is 18.9 Å². The first-order valence-corrected chi connectivity index (χ1v) is 8.00. The zero-order valence-corrected chi connectivity index (χ0v) is 13.2. The molecule has 1 atom stereocenters. The predicted octanol–water partition coefficient (Wildman–Crippen LogP) is 2.57. The fourth-order valence-corrected chi connectivity index (χ4v) is 3.27. The molecule has 1 N–H and O–H groups in total. The summed E-state index contributed by atoms with van der Waals surface area (Å²) in [5, 5.41) is 3.44. The van der Waals surface area contributed by atoms with Gasteiger partial charge in [-0.25, -0.2) is 9.97 Å². The first kappa shape index (κ1) is 14.2. The normalized spacial score (nSPS) is 17.7. The Bertz CT molecular complexity index is 804. The van der Waals surface area contributed by atoms with E-state index in [1.165, 1.54) is 5.56 Å². The molecule has 118 valence electrons. The van der Waals surface area contributed by atoms with E-state index in [1.807, 2.05) is 30.5 Å². The quantitative estimate of drug-likeness (QED) is 0.805. The van der Waals surface area contributed by atoms with Gasteiger partial charge in [-0.1, -0.05) is 12.1 Å². The molecule has 1 aliphatic heterocycles. The standard InChI is InChI=1S/C18H20N4O/c1-23-15-6-4-13(5-7-15)11-17-21-16-3-2-9-20-18(16)22(17)14-8-10-19-12-14/h2-7,9,14,19H,8,10-12H2,1H3. The molecule has 1 aromatic carbocycles. The van der Waals surface area contributed by atoms with Crippen LogP contribution in [0.15, 0.2) is 42.6 Å². The molecule has 23 heavy (non-hydrogen) atoms. The van der Waals surface area contributed by atoms with Crippen LogP contribution in [-0.4, -0.2) is 34.7 Å². The number of aromatic nitrogens is 3. The van der Waals surface area contributed by atoms with Crippen LogP contribution in [0.2, 0.25) is 0 Å². The predicted molar refractivity (Wildman–Crippen MR) is 89.9 cm³/mol. The number of benzene rings is 1. The van der Waals surface area contributed by atoms with E-state index in [0.717, 1.165) is 48.7 Å². The zero-order valence-electron chi connectivity index (χ0n) is 13.2. The SMILES string of the molecule is COc1ccc(Cc2nc3cccnc3n2C2CCNC2)cc1. The van der Waals surface area contributed by atoms with E-state index < -0.39 is 0 Å². The Balaban J connectivity index is 1.74. The minimum Gasteiger partial charge on any atom is -0.497 e. The van der Waals surface area contributed by atoms with Crippen molar-refractivity contribution < 1.29 is 4.74 Å². The summed E-state index contributed by atoms with van der Waals surface area (Å²) < 4.78 is 7.55. The molecular weight excluding hydrogens is 288 g/mol. The van der Waals surface area contributed by atoms with Crippen LogP contribution >= 0.6 is 0 Å². The lowest BCUT2D eigenvalue weighted by Gasteiger charge is -2.15. The minimum atomic E-state index is 0.433. The highest BCUT2D eigenvalue weighted by atomic mass is 16.5. The molecule has 0 amide bonds. The van der Waals surface area contributed by atoms with Gasteiger partial charge in [0.1, 0.15) is 17.1 Å². The molecule has 0 spiro atoms. The summed E-state index contributed by atoms with van der Waals surface area (Å²) in [6.45, 7) is 2.04. The molecule has 0 aliphatic carbocycles. The highest BCUT2D eigenvalue weighted by molar-refractivity contribution is 5.71. The van der Waals surface area contributed by atoms with Gasteiger partial charge in [0.15, 0.2) is 5.65 Å². The van der Waals surface area contributed by atoms with Gasteiger partial charge < -0.3 is 14.6 Å². The van der Waals surface area contributed by atoms with Gasteiger partial charge in [-0.3, -0.25) is 0 Å². The second-order valence-electron chi connectivity index (χ2n) is 5.92. The van der Waals surface area contributed by atoms with Gasteiger partial charge in [-0.2, -0.15) is 0 Å². The van der Waals surface area contributed by atoms with E-state index in [1.54, 1.807) is 7.11 Å². The van der Waals surface area contributed by atoms with Crippen LogP contribution in [0, 0.1) is 0 Å². The van der Waals surface area contributed by atoms with Crippen molar-refractivity contribution in [3.63, 3.8) is 0 Å². The molecule has 1 unspecified atom stereocenters. The zero-order chi connectivity index (χ0) is 15.6. The smallest absolute Gasteiger partial charge is 0.160 e. The van der Waals surface area contributed by atoms with Gasteiger partial charge in [-0.05, 0) is 42.8 Å². The van der Waals surface area contributed by atoms with Crippen LogP contribution in [-0.2, 0) is 6.42 Å². The highest BCUT2D eigenvalue weighted by Crippen LogP contribution is 2.25. The number of nitrogens with one attached hydrogen (secondary N) is 1. The van der Waals surface area contributed by atoms with Gasteiger partial charge >= 0.3 is 0 Å². The fourth-order valence-electron chi connectivity index (χ4n) is 3.27. The number of pyridine rings is 1. The number of fused-ring (bicyclic) bond motifs is 1. The fraction of sp³-hybridized carbons (Fsp3) is 0.333. The van der Waals surface area contributed by atoms with Crippen LogP contribution < -0.4 is 10.1 Å². The van der Waals surface area contributed by atoms with Crippen LogP contribution in [0.1, 0.15) is 23.9 Å². The minimum absolute atomic E-state index is 0.433. The Kier molecular flexibility index (Phi) is 3.71. The van der Waals surface area contributed by atoms with Crippen molar-refractivity contribution in [2.24, 2.45) is 0 Å². The maximum absolute atomic E-state index is 5.23. The third-order valence-electron chi connectivity index (χ3n) is 4.44. The molecule has 1 aliphatic rings. The largest absolute Gasteiger partial charge is 0.497 e. The average molecular weight is 308 g/mol. The number of hydrogen-bond acceptors (Lipinski definition) is 4. The number of methoxy groups -OCH3 is 1. The monoisotopic (exact) mass is 308 g/mol. The molecule has 0 saturated carbocycles. The second kappa shape index (κ2) is 6.01. The van der Waals surface area contributed by atoms with Crippen molar-refractivity contribution in [3.05, 3.63) is 54.0 Å². The Hall–Kier alpha value is -2.40. The van der Waals surface area contributed by atoms with Gasteiger partial charge in [0.05, 0.1) is 13.2 Å². The van der Waals surface area contributed by atoms with E-state index in [-0.39, 0.29) is 0 Å². The molecule has 5 nitrogen and oxygen atoms in total. The summed E-state index contributed by atoms with van der Waals surface area (Å²) in [5.41, 5.74) is 3.20. The van der Waals surface area contributed by atoms with Crippen LogP contribution in [0.25, 0.3) is 11.2 Å². The Labute approximate surface area is 135 Å². The van der Waals surface area contributed by atoms with Gasteiger partial charge in [0.25, 0.3) is 0 Å². The van der Waals surface area contributed by atoms with Crippen molar-refractivity contribution in [1.29, 1.82) is 0 Å². The molecular formula is C18H20N4O. The summed E-state index contributed by atoms with van der Waals surface area (Å²) >= 11 is 0. The first-order valence-electron chi connectivity index (χ1n) is 8.00. The number of nitrogens with zero attached hydrogens (tertiary/aromatic N) is 3. The molecule has 4 rings (SSSR count). The van der Waals surface area contributed by atoms with Crippen LogP contribution in [0.5, 0.6) is 5.75 Å². The number of imidazole rings is 1. The second-order valence-corrected chi connectivity index (χ2v) is 5.92. The third kappa shape index (κ3) is 2.68. The van der Waals surface area contributed by atoms with Crippen molar-refractivity contribution in [2.75, 3.05) is 20.2 Å². The van der Waals surface area contributed by atoms with Crippen molar-refractivity contribution in [3.8, 4) is 5.75 Å². The van der Waals surface area contributed by atoms with E-state index in [2.05, 4.69) is 27.0 Å². The summed E-state index contributed by atoms with van der Waals surface area (Å²) in [6, 6.07) is 12.6. The van der Waals surface area contributed by atoms with Gasteiger partial charge in [0.2, 0.25) is 0 Å². The topological polar surface area (TPSA) is 52.0 Å². The summed E-state index contributed by atoms with van der Waals surface area (Å²) in [7, 11) is 1.69. The molecule has 1 fully saturated rings. The average Bonchev–Trinajstić information content (AvgIpc) is 3.22. The van der Waals surface area contributed by atoms with Crippen LogP contribution in [0.3, 0.4) is 0 Å². The van der Waals surface area contributed by atoms with E-state index in [0.29, 0.717) is 6.04 Å². The number of ether oxygens (including phenoxy) is 1. The first-order chi connectivity index (χ1) is 11.3. The maximum atomic E-state index is 5.23. The number of rotatable bonds is 4. The summed E-state index contributed by atoms with van der Waals surface area (Å²) in [6.07, 6.45) is 3.77. The van der Waals surface area contributed by atoms with Crippen molar-refractivity contribution in [1.82, 2.24) is 19.9 Å². The summed E-state index contributed by atoms with van der Waals surface area (Å²) in [5.74, 6) is 1.96. The Morgan fingerprint density at radius 1 is 1.26 bits per heavy atom. The molecule has 3 heterocycles. The Morgan fingerprint density at radius 3 is 2.87 bits per heavy atom. The highest BCUT2D eigenvalue weighted by Gasteiger charge is 2.23. The lowest BCUT2D eigenvalue weighted by molar-refractivity contribution is 0.414. The molecule has 0 bridgehead atoms.